The van der Waals surface area contributed by atoms with Crippen LogP contribution < -0.4 is 10.2 Å². The summed E-state index contributed by atoms with van der Waals surface area (Å²) in [6.07, 6.45) is -10.7. The summed E-state index contributed by atoms with van der Waals surface area (Å²) in [4.78, 5) is 20.0. The van der Waals surface area contributed by atoms with Crippen LogP contribution in [0.4, 0.5) is 37.8 Å². The lowest BCUT2D eigenvalue weighted by atomic mass is 9.94. The molecule has 4 aromatic rings. The van der Waals surface area contributed by atoms with Crippen LogP contribution in [0, 0.1) is 6.92 Å². The third-order valence-corrected chi connectivity index (χ3v) is 6.89. The van der Waals surface area contributed by atoms with Crippen LogP contribution in [0.25, 0.3) is 22.0 Å². The third-order valence-electron chi connectivity index (χ3n) is 6.89. The van der Waals surface area contributed by atoms with Crippen LogP contribution in [0.3, 0.4) is 0 Å². The Morgan fingerprint density at radius 3 is 2.20 bits per heavy atom. The van der Waals surface area contributed by atoms with Gasteiger partial charge in [0.1, 0.15) is 5.82 Å². The normalized spacial score (nSPS) is 14.4. The molecule has 0 aliphatic carbocycles. The standard InChI is InChI=1S/C30H25F6N3O2/c1-18-4-2-3-5-22(18)28-23-6-9-26(39-10-12-41-13-11-39)37-24(23)7-8-25(28)38-27(40)16-19-14-20(29(31,32)33)17-21(15-19)30(34,35)36/h2-9,14-15,17H,10-13,16H2,1H3,(H,38,40). The van der Waals surface area contributed by atoms with E-state index < -0.39 is 41.4 Å². The van der Waals surface area contributed by atoms with Crippen LogP contribution in [-0.2, 0) is 28.3 Å². The predicted octanol–water partition coefficient (Wildman–Crippen LogP) is 7.27. The van der Waals surface area contributed by atoms with Gasteiger partial charge < -0.3 is 15.0 Å². The topological polar surface area (TPSA) is 54.5 Å². The monoisotopic (exact) mass is 573 g/mol. The highest BCUT2D eigenvalue weighted by molar-refractivity contribution is 6.06. The number of carbonyl (C=O) groups is 1. The SMILES string of the molecule is Cc1ccccc1-c1c(NC(=O)Cc2cc(C(F)(F)F)cc(C(F)(F)F)c2)ccc2nc(N3CCOCC3)ccc12. The van der Waals surface area contributed by atoms with Crippen molar-refractivity contribution < 1.29 is 35.9 Å². The number of alkyl halides is 6. The van der Waals surface area contributed by atoms with Crippen molar-refractivity contribution in [1.82, 2.24) is 4.98 Å². The van der Waals surface area contributed by atoms with Crippen LogP contribution in [-0.4, -0.2) is 37.2 Å². The van der Waals surface area contributed by atoms with Crippen LogP contribution in [0.5, 0.6) is 0 Å². The summed E-state index contributed by atoms with van der Waals surface area (Å²) in [6.45, 7) is 4.48. The van der Waals surface area contributed by atoms with Gasteiger partial charge in [0.25, 0.3) is 0 Å². The number of anilines is 2. The van der Waals surface area contributed by atoms with Crippen molar-refractivity contribution in [3.05, 3.63) is 89.0 Å². The molecule has 1 aliphatic heterocycles. The van der Waals surface area contributed by atoms with Gasteiger partial charge in [-0.2, -0.15) is 26.3 Å². The molecule has 1 aliphatic rings. The highest BCUT2D eigenvalue weighted by Crippen LogP contribution is 2.39. The number of ether oxygens (including phenoxy) is 1. The zero-order valence-electron chi connectivity index (χ0n) is 21.9. The van der Waals surface area contributed by atoms with Crippen molar-refractivity contribution in [1.29, 1.82) is 0 Å². The van der Waals surface area contributed by atoms with Gasteiger partial charge in [-0.05, 0) is 66.1 Å². The van der Waals surface area contributed by atoms with E-state index in [-0.39, 0.29) is 6.07 Å². The van der Waals surface area contributed by atoms with E-state index in [0.29, 0.717) is 55.2 Å². The number of rotatable bonds is 5. The van der Waals surface area contributed by atoms with Gasteiger partial charge in [-0.1, -0.05) is 24.3 Å². The molecule has 5 nitrogen and oxygen atoms in total. The quantitative estimate of drug-likeness (QED) is 0.255. The Bertz CT molecular complexity index is 1560. The third kappa shape index (κ3) is 6.30. The van der Waals surface area contributed by atoms with E-state index in [4.69, 9.17) is 9.72 Å². The number of nitrogens with one attached hydrogen (secondary N) is 1. The molecular formula is C30H25F6N3O2. The van der Waals surface area contributed by atoms with Crippen molar-refractivity contribution in [2.24, 2.45) is 0 Å². The molecule has 5 rings (SSSR count). The zero-order valence-corrected chi connectivity index (χ0v) is 21.9. The summed E-state index contributed by atoms with van der Waals surface area (Å²) in [7, 11) is 0. The average molecular weight is 574 g/mol. The minimum Gasteiger partial charge on any atom is -0.378 e. The van der Waals surface area contributed by atoms with Gasteiger partial charge in [0.15, 0.2) is 0 Å². The Morgan fingerprint density at radius 2 is 1.56 bits per heavy atom. The molecule has 0 unspecified atom stereocenters. The summed E-state index contributed by atoms with van der Waals surface area (Å²) >= 11 is 0. The van der Waals surface area contributed by atoms with E-state index in [1.165, 1.54) is 0 Å². The van der Waals surface area contributed by atoms with Crippen molar-refractivity contribution in [2.45, 2.75) is 25.7 Å². The van der Waals surface area contributed by atoms with Crippen LogP contribution in [0.15, 0.2) is 66.7 Å². The smallest absolute Gasteiger partial charge is 0.378 e. The molecule has 41 heavy (non-hydrogen) atoms. The molecule has 1 amide bonds. The maximum Gasteiger partial charge on any atom is 0.416 e. The second kappa shape index (κ2) is 11.0. The van der Waals surface area contributed by atoms with Gasteiger partial charge in [-0.3, -0.25) is 4.79 Å². The number of amides is 1. The molecule has 0 bridgehead atoms. The highest BCUT2D eigenvalue weighted by Gasteiger charge is 2.37. The first-order valence-corrected chi connectivity index (χ1v) is 12.8. The fourth-order valence-corrected chi connectivity index (χ4v) is 4.91. The Hall–Kier alpha value is -4.12. The summed E-state index contributed by atoms with van der Waals surface area (Å²) in [5.74, 6) is 0.0165. The molecule has 0 spiro atoms. The largest absolute Gasteiger partial charge is 0.416 e. The highest BCUT2D eigenvalue weighted by atomic mass is 19.4. The molecule has 1 N–H and O–H groups in total. The number of benzene rings is 3. The van der Waals surface area contributed by atoms with Gasteiger partial charge in [0.2, 0.25) is 5.91 Å². The van der Waals surface area contributed by atoms with E-state index in [0.717, 1.165) is 22.3 Å². The van der Waals surface area contributed by atoms with Crippen LogP contribution >= 0.6 is 0 Å². The molecule has 3 aromatic carbocycles. The van der Waals surface area contributed by atoms with E-state index in [2.05, 4.69) is 10.2 Å². The van der Waals surface area contributed by atoms with E-state index in [9.17, 15) is 31.1 Å². The lowest BCUT2D eigenvalue weighted by molar-refractivity contribution is -0.143. The van der Waals surface area contributed by atoms with Crippen molar-refractivity contribution in [3.63, 3.8) is 0 Å². The second-order valence-electron chi connectivity index (χ2n) is 9.78. The fourth-order valence-electron chi connectivity index (χ4n) is 4.91. The molecule has 2 heterocycles. The van der Waals surface area contributed by atoms with E-state index >= 15 is 0 Å². The Kier molecular flexibility index (Phi) is 7.65. The number of hydrogen-bond acceptors (Lipinski definition) is 4. The minimum atomic E-state index is -5.00. The zero-order chi connectivity index (χ0) is 29.4. The summed E-state index contributed by atoms with van der Waals surface area (Å²) in [5.41, 5.74) is 0.0359. The number of nitrogens with zero attached hydrogens (tertiary/aromatic N) is 2. The lowest BCUT2D eigenvalue weighted by Gasteiger charge is -2.28. The van der Waals surface area contributed by atoms with Gasteiger partial charge in [-0.15, -0.1) is 0 Å². The number of halogens is 6. The van der Waals surface area contributed by atoms with Gasteiger partial charge in [-0.25, -0.2) is 4.98 Å². The number of carbonyl (C=O) groups excluding carboxylic acids is 1. The molecule has 1 saturated heterocycles. The predicted molar refractivity (Wildman–Crippen MR) is 144 cm³/mol. The molecular weight excluding hydrogens is 548 g/mol. The number of pyridine rings is 1. The first kappa shape index (κ1) is 28.4. The molecule has 214 valence electrons. The first-order chi connectivity index (χ1) is 19.4. The number of morpholine rings is 1. The lowest BCUT2D eigenvalue weighted by Crippen LogP contribution is -2.36. The van der Waals surface area contributed by atoms with Crippen LogP contribution in [0.2, 0.25) is 0 Å². The van der Waals surface area contributed by atoms with Gasteiger partial charge in [0, 0.05) is 29.7 Å². The Labute approximate surface area is 231 Å². The molecule has 0 saturated carbocycles. The maximum atomic E-state index is 13.3. The minimum absolute atomic E-state index is 0.0409. The van der Waals surface area contributed by atoms with Gasteiger partial charge in [0.05, 0.1) is 36.3 Å². The van der Waals surface area contributed by atoms with Gasteiger partial charge >= 0.3 is 12.4 Å². The summed E-state index contributed by atoms with van der Waals surface area (Å²) < 4.78 is 85.3. The molecule has 1 fully saturated rings. The number of aromatic nitrogens is 1. The summed E-state index contributed by atoms with van der Waals surface area (Å²) in [6, 6.07) is 15.8. The second-order valence-corrected chi connectivity index (χ2v) is 9.78. The van der Waals surface area contributed by atoms with E-state index in [1.807, 2.05) is 43.3 Å². The molecule has 11 heteroatoms. The summed E-state index contributed by atoms with van der Waals surface area (Å²) in [5, 5.41) is 3.44. The van der Waals surface area contributed by atoms with Crippen molar-refractivity contribution >= 4 is 28.3 Å². The molecule has 0 radical (unpaired) electrons. The van der Waals surface area contributed by atoms with Crippen molar-refractivity contribution in [2.75, 3.05) is 36.5 Å². The molecule has 1 aromatic heterocycles. The number of aryl methyl sites for hydroxylation is 1. The van der Waals surface area contributed by atoms with E-state index in [1.54, 1.807) is 12.1 Å². The first-order valence-electron chi connectivity index (χ1n) is 12.8. The average Bonchev–Trinajstić information content (AvgIpc) is 2.92. The molecule has 0 atom stereocenters. The van der Waals surface area contributed by atoms with Crippen LogP contribution in [0.1, 0.15) is 22.3 Å². The maximum absolute atomic E-state index is 13.3. The Morgan fingerprint density at radius 1 is 0.902 bits per heavy atom. The Balaban J connectivity index is 1.52. The fraction of sp³-hybridized carbons (Fsp3) is 0.267. The number of hydrogen-bond donors (Lipinski definition) is 1. The number of fused-ring (bicyclic) bond motifs is 1. The van der Waals surface area contributed by atoms with Crippen molar-refractivity contribution in [3.8, 4) is 11.1 Å².